The first-order valence-electron chi connectivity index (χ1n) is 11.3. The maximum absolute atomic E-state index is 12.7. The maximum Gasteiger partial charge on any atom is 0.251 e. The van der Waals surface area contributed by atoms with Gasteiger partial charge >= 0.3 is 0 Å². The number of hydrogen-bond donors (Lipinski definition) is 2. The Balaban J connectivity index is 1.68. The third-order valence-corrected chi connectivity index (χ3v) is 6.77. The van der Waals surface area contributed by atoms with E-state index in [-0.39, 0.29) is 5.56 Å². The number of benzene rings is 1. The number of pyridine rings is 1. The van der Waals surface area contributed by atoms with Crippen LogP contribution in [-0.4, -0.2) is 42.2 Å². The van der Waals surface area contributed by atoms with Crippen molar-refractivity contribution in [2.24, 2.45) is 5.92 Å². The highest BCUT2D eigenvalue weighted by Crippen LogP contribution is 2.49. The van der Waals surface area contributed by atoms with Crippen molar-refractivity contribution in [3.05, 3.63) is 50.4 Å². The zero-order valence-electron chi connectivity index (χ0n) is 19.6. The number of H-pyrrole nitrogens is 1. The molecule has 2 aliphatic heterocycles. The first-order chi connectivity index (χ1) is 15.2. The van der Waals surface area contributed by atoms with E-state index < -0.39 is 5.79 Å². The minimum absolute atomic E-state index is 0.102. The molecule has 0 aliphatic carbocycles. The average molecular weight is 440 g/mol. The van der Waals surface area contributed by atoms with Crippen molar-refractivity contribution >= 4 is 12.1 Å². The van der Waals surface area contributed by atoms with E-state index in [1.165, 1.54) is 0 Å². The quantitative estimate of drug-likeness (QED) is 0.671. The second kappa shape index (κ2) is 8.62. The number of amides is 1. The standard InChI is InChI=1S/C25H33N3O4/c1-15-10-16(2)27-24(30)20(15)11-19-12-21(26-14-29)17(3)22-23(19)32-25(4,31-22)13-18-6-8-28(5)9-7-18/h10,12,14,18H,6-9,11,13H2,1-5H3,(H,26,29)(H,27,30). The summed E-state index contributed by atoms with van der Waals surface area (Å²) in [6.07, 6.45) is 4.10. The summed E-state index contributed by atoms with van der Waals surface area (Å²) < 4.78 is 12.9. The molecule has 2 N–H and O–H groups in total. The van der Waals surface area contributed by atoms with Gasteiger partial charge in [0.1, 0.15) is 0 Å². The smallest absolute Gasteiger partial charge is 0.251 e. The van der Waals surface area contributed by atoms with Crippen LogP contribution in [0.4, 0.5) is 5.69 Å². The van der Waals surface area contributed by atoms with Crippen LogP contribution < -0.4 is 20.3 Å². The van der Waals surface area contributed by atoms with E-state index >= 15 is 0 Å². The number of nitrogens with one attached hydrogen (secondary N) is 2. The van der Waals surface area contributed by atoms with Gasteiger partial charge < -0.3 is 24.7 Å². The molecule has 1 aromatic carbocycles. The van der Waals surface area contributed by atoms with Crippen LogP contribution in [0.25, 0.3) is 0 Å². The molecule has 1 amide bonds. The molecule has 32 heavy (non-hydrogen) atoms. The van der Waals surface area contributed by atoms with Crippen LogP contribution in [0, 0.1) is 26.7 Å². The number of anilines is 1. The summed E-state index contributed by atoms with van der Waals surface area (Å²) in [5.74, 6) is 1.10. The van der Waals surface area contributed by atoms with Gasteiger partial charge in [-0.15, -0.1) is 0 Å². The molecule has 0 spiro atoms. The molecule has 7 nitrogen and oxygen atoms in total. The molecule has 172 valence electrons. The summed E-state index contributed by atoms with van der Waals surface area (Å²) in [6, 6.07) is 3.86. The highest BCUT2D eigenvalue weighted by Gasteiger charge is 2.42. The van der Waals surface area contributed by atoms with Gasteiger partial charge in [0.15, 0.2) is 11.5 Å². The molecule has 1 aromatic heterocycles. The summed E-state index contributed by atoms with van der Waals surface area (Å²) in [4.78, 5) is 29.1. The number of ether oxygens (including phenoxy) is 2. The third-order valence-electron chi connectivity index (χ3n) is 6.77. The van der Waals surface area contributed by atoms with Crippen LogP contribution in [-0.2, 0) is 11.2 Å². The Labute approximate surface area is 189 Å². The molecule has 1 saturated heterocycles. The number of hydrogen-bond acceptors (Lipinski definition) is 5. The molecule has 0 radical (unpaired) electrons. The van der Waals surface area contributed by atoms with Crippen LogP contribution in [0.2, 0.25) is 0 Å². The van der Waals surface area contributed by atoms with Gasteiger partial charge in [-0.2, -0.15) is 0 Å². The number of aryl methyl sites for hydroxylation is 2. The fraction of sp³-hybridized carbons (Fsp3) is 0.520. The molecular weight excluding hydrogens is 406 g/mol. The lowest BCUT2D eigenvalue weighted by Crippen LogP contribution is -2.40. The number of fused-ring (bicyclic) bond motifs is 1. The lowest BCUT2D eigenvalue weighted by atomic mass is 9.90. The molecule has 1 unspecified atom stereocenters. The van der Waals surface area contributed by atoms with Crippen molar-refractivity contribution in [3.8, 4) is 11.5 Å². The van der Waals surface area contributed by atoms with Gasteiger partial charge in [0, 0.05) is 47.8 Å². The normalized spacial score (nSPS) is 21.0. The first-order valence-corrected chi connectivity index (χ1v) is 11.3. The van der Waals surface area contributed by atoms with Crippen LogP contribution >= 0.6 is 0 Å². The van der Waals surface area contributed by atoms with Gasteiger partial charge in [-0.3, -0.25) is 9.59 Å². The van der Waals surface area contributed by atoms with Gasteiger partial charge in [-0.05, 0) is 77.4 Å². The number of nitrogens with zero attached hydrogens (tertiary/aromatic N) is 1. The van der Waals surface area contributed by atoms with E-state index in [1.54, 1.807) is 0 Å². The van der Waals surface area contributed by atoms with E-state index in [0.29, 0.717) is 41.5 Å². The van der Waals surface area contributed by atoms with Gasteiger partial charge in [-0.1, -0.05) is 0 Å². The number of piperidine rings is 1. The van der Waals surface area contributed by atoms with Crippen molar-refractivity contribution in [1.29, 1.82) is 0 Å². The predicted octanol–water partition coefficient (Wildman–Crippen LogP) is 3.68. The Morgan fingerprint density at radius 3 is 2.53 bits per heavy atom. The molecule has 4 rings (SSSR count). The van der Waals surface area contributed by atoms with Crippen molar-refractivity contribution in [1.82, 2.24) is 9.88 Å². The molecule has 3 heterocycles. The third kappa shape index (κ3) is 4.39. The minimum atomic E-state index is -0.767. The van der Waals surface area contributed by atoms with Gasteiger partial charge in [0.25, 0.3) is 5.56 Å². The maximum atomic E-state index is 12.7. The molecule has 2 aromatic rings. The SMILES string of the molecule is Cc1cc(C)c(Cc2cc(NC=O)c(C)c3c2OC(C)(CC2CCN(C)CC2)O3)c(=O)[nH]1. The van der Waals surface area contributed by atoms with Crippen LogP contribution in [0.5, 0.6) is 11.5 Å². The van der Waals surface area contributed by atoms with Crippen molar-refractivity contribution < 1.29 is 14.3 Å². The summed E-state index contributed by atoms with van der Waals surface area (Å²) in [6.45, 7) is 9.90. The highest BCUT2D eigenvalue weighted by molar-refractivity contribution is 5.78. The van der Waals surface area contributed by atoms with E-state index in [1.807, 2.05) is 39.8 Å². The Morgan fingerprint density at radius 2 is 1.88 bits per heavy atom. The van der Waals surface area contributed by atoms with Crippen LogP contribution in [0.3, 0.4) is 0 Å². The molecule has 1 atom stereocenters. The highest BCUT2D eigenvalue weighted by atomic mass is 16.7. The lowest BCUT2D eigenvalue weighted by Gasteiger charge is -2.33. The van der Waals surface area contributed by atoms with E-state index in [4.69, 9.17) is 9.47 Å². The topological polar surface area (TPSA) is 83.7 Å². The Hall–Kier alpha value is -2.80. The minimum Gasteiger partial charge on any atom is -0.448 e. The fourth-order valence-corrected chi connectivity index (χ4v) is 4.98. The van der Waals surface area contributed by atoms with Crippen molar-refractivity contribution in [2.75, 3.05) is 25.5 Å². The molecule has 1 fully saturated rings. The van der Waals surface area contributed by atoms with Crippen LogP contribution in [0.15, 0.2) is 16.9 Å². The van der Waals surface area contributed by atoms with Gasteiger partial charge in [-0.25, -0.2) is 0 Å². The fourth-order valence-electron chi connectivity index (χ4n) is 4.98. The molecular formula is C25H33N3O4. The molecule has 0 bridgehead atoms. The lowest BCUT2D eigenvalue weighted by molar-refractivity contribution is -0.105. The number of carbonyl (C=O) groups is 1. The van der Waals surface area contributed by atoms with Crippen molar-refractivity contribution in [2.45, 2.75) is 59.2 Å². The van der Waals surface area contributed by atoms with E-state index in [2.05, 4.69) is 22.2 Å². The number of aromatic nitrogens is 1. The van der Waals surface area contributed by atoms with E-state index in [9.17, 15) is 9.59 Å². The van der Waals surface area contributed by atoms with Gasteiger partial charge in [0.2, 0.25) is 12.2 Å². The largest absolute Gasteiger partial charge is 0.448 e. The Bertz CT molecular complexity index is 1090. The summed E-state index contributed by atoms with van der Waals surface area (Å²) in [5, 5.41) is 2.78. The Kier molecular flexibility index (Phi) is 6.03. The summed E-state index contributed by atoms with van der Waals surface area (Å²) >= 11 is 0. The average Bonchev–Trinajstić information content (AvgIpc) is 3.07. The zero-order valence-corrected chi connectivity index (χ0v) is 19.6. The monoisotopic (exact) mass is 439 g/mol. The predicted molar refractivity (Wildman–Crippen MR) is 125 cm³/mol. The molecule has 2 aliphatic rings. The Morgan fingerprint density at radius 1 is 1.19 bits per heavy atom. The number of carbonyl (C=O) groups excluding carboxylic acids is 1. The number of aromatic amines is 1. The second-order valence-corrected chi connectivity index (χ2v) is 9.54. The molecule has 0 saturated carbocycles. The zero-order chi connectivity index (χ0) is 23.0. The summed E-state index contributed by atoms with van der Waals surface area (Å²) in [5.41, 5.74) is 4.68. The van der Waals surface area contributed by atoms with E-state index in [0.717, 1.165) is 54.7 Å². The number of rotatable bonds is 6. The van der Waals surface area contributed by atoms with Crippen molar-refractivity contribution in [3.63, 3.8) is 0 Å². The van der Waals surface area contributed by atoms with Crippen LogP contribution in [0.1, 0.15) is 54.1 Å². The van der Waals surface area contributed by atoms with Gasteiger partial charge in [0.05, 0.1) is 0 Å². The molecule has 7 heteroatoms. The first kappa shape index (κ1) is 22.4. The summed E-state index contributed by atoms with van der Waals surface area (Å²) in [7, 11) is 2.16. The number of likely N-dealkylation sites (tertiary alicyclic amines) is 1. The second-order valence-electron chi connectivity index (χ2n) is 9.54.